The molecule has 0 aliphatic rings. The summed E-state index contributed by atoms with van der Waals surface area (Å²) in [6.45, 7) is 3.67. The lowest BCUT2D eigenvalue weighted by atomic mass is 9.92. The summed E-state index contributed by atoms with van der Waals surface area (Å²) in [4.78, 5) is 10.7. The molecule has 0 bridgehead atoms. The van der Waals surface area contributed by atoms with Gasteiger partial charge in [-0.1, -0.05) is 13.8 Å². The molecule has 0 aliphatic heterocycles. The molecule has 0 radical (unpaired) electrons. The molecule has 0 saturated heterocycles. The molecule has 0 aliphatic carbocycles. The Bertz CT molecular complexity index is 279. The first-order chi connectivity index (χ1) is 6.24. The molecule has 0 saturated carbocycles. The summed E-state index contributed by atoms with van der Waals surface area (Å²) in [6, 6.07) is 0. The van der Waals surface area contributed by atoms with Crippen LogP contribution in [0.2, 0.25) is 0 Å². The summed E-state index contributed by atoms with van der Waals surface area (Å²) in [5, 5.41) is 8.82. The molecular formula is C9H18O4S. The largest absolute Gasteiger partial charge is 0.481 e. The van der Waals surface area contributed by atoms with Crippen molar-refractivity contribution in [2.45, 2.75) is 26.7 Å². The van der Waals surface area contributed by atoms with Crippen molar-refractivity contribution < 1.29 is 18.3 Å². The molecule has 1 atom stereocenters. The molecule has 0 heterocycles. The lowest BCUT2D eigenvalue weighted by Gasteiger charge is -2.15. The van der Waals surface area contributed by atoms with E-state index in [1.165, 1.54) is 0 Å². The second kappa shape index (κ2) is 5.34. The molecule has 0 spiro atoms. The number of hydrogen-bond donors (Lipinski definition) is 1. The fraction of sp³-hybridized carbons (Fsp3) is 0.889. The maximum absolute atomic E-state index is 10.8. The third kappa shape index (κ3) is 5.96. The molecule has 84 valence electrons. The van der Waals surface area contributed by atoms with Gasteiger partial charge >= 0.3 is 5.97 Å². The maximum atomic E-state index is 10.8. The van der Waals surface area contributed by atoms with Crippen LogP contribution in [0.3, 0.4) is 0 Å². The molecule has 0 aromatic carbocycles. The van der Waals surface area contributed by atoms with Gasteiger partial charge in [0.2, 0.25) is 0 Å². The zero-order chi connectivity index (χ0) is 11.4. The van der Waals surface area contributed by atoms with Crippen LogP contribution < -0.4 is 0 Å². The number of rotatable bonds is 6. The van der Waals surface area contributed by atoms with E-state index in [0.717, 1.165) is 6.26 Å². The maximum Gasteiger partial charge on any atom is 0.306 e. The van der Waals surface area contributed by atoms with E-state index >= 15 is 0 Å². The predicted octanol–water partition coefficient (Wildman–Crippen LogP) is 1.17. The zero-order valence-corrected chi connectivity index (χ0v) is 9.67. The van der Waals surface area contributed by atoms with E-state index in [2.05, 4.69) is 0 Å². The van der Waals surface area contributed by atoms with Gasteiger partial charge in [0.1, 0.15) is 9.84 Å². The molecule has 0 aromatic rings. The van der Waals surface area contributed by atoms with Gasteiger partial charge in [-0.05, 0) is 18.8 Å². The van der Waals surface area contributed by atoms with E-state index < -0.39 is 21.7 Å². The summed E-state index contributed by atoms with van der Waals surface area (Å²) in [5.41, 5.74) is 0. The van der Waals surface area contributed by atoms with E-state index in [0.29, 0.717) is 12.8 Å². The number of carbonyl (C=O) groups is 1. The van der Waals surface area contributed by atoms with E-state index in [9.17, 15) is 13.2 Å². The van der Waals surface area contributed by atoms with Gasteiger partial charge in [0.05, 0.1) is 5.92 Å². The summed E-state index contributed by atoms with van der Waals surface area (Å²) >= 11 is 0. The minimum atomic E-state index is -2.96. The van der Waals surface area contributed by atoms with Gasteiger partial charge in [-0.25, -0.2) is 8.42 Å². The lowest BCUT2D eigenvalue weighted by Crippen LogP contribution is -2.20. The number of carboxylic acids is 1. The highest BCUT2D eigenvalue weighted by molar-refractivity contribution is 7.90. The van der Waals surface area contributed by atoms with Crippen molar-refractivity contribution in [2.75, 3.05) is 12.0 Å². The van der Waals surface area contributed by atoms with Crippen LogP contribution in [-0.2, 0) is 14.6 Å². The fourth-order valence-corrected chi connectivity index (χ4v) is 2.00. The first kappa shape index (κ1) is 13.4. The van der Waals surface area contributed by atoms with Crippen molar-refractivity contribution in [3.8, 4) is 0 Å². The number of hydrogen-bond acceptors (Lipinski definition) is 3. The SMILES string of the molecule is CC(C)C(CCCS(C)(=O)=O)C(=O)O. The molecule has 0 rings (SSSR count). The highest BCUT2D eigenvalue weighted by Gasteiger charge is 2.21. The van der Waals surface area contributed by atoms with E-state index in [4.69, 9.17) is 5.11 Å². The first-order valence-electron chi connectivity index (χ1n) is 4.64. The first-order valence-corrected chi connectivity index (χ1v) is 6.70. The highest BCUT2D eigenvalue weighted by Crippen LogP contribution is 2.17. The van der Waals surface area contributed by atoms with Crippen molar-refractivity contribution in [2.24, 2.45) is 11.8 Å². The Hall–Kier alpha value is -0.580. The van der Waals surface area contributed by atoms with Crippen LogP contribution in [0.1, 0.15) is 26.7 Å². The molecule has 0 fully saturated rings. The van der Waals surface area contributed by atoms with Gasteiger partial charge in [0.25, 0.3) is 0 Å². The Morgan fingerprint density at radius 3 is 2.14 bits per heavy atom. The topological polar surface area (TPSA) is 71.4 Å². The molecule has 5 heteroatoms. The zero-order valence-electron chi connectivity index (χ0n) is 8.86. The van der Waals surface area contributed by atoms with Crippen LogP contribution in [0.5, 0.6) is 0 Å². The van der Waals surface area contributed by atoms with Gasteiger partial charge in [0, 0.05) is 12.0 Å². The summed E-state index contributed by atoms with van der Waals surface area (Å²) < 4.78 is 21.6. The minimum Gasteiger partial charge on any atom is -0.481 e. The second-order valence-electron chi connectivity index (χ2n) is 3.96. The molecular weight excluding hydrogens is 204 g/mol. The Labute approximate surface area is 85.2 Å². The fourth-order valence-electron chi connectivity index (χ4n) is 1.31. The third-order valence-corrected chi connectivity index (χ3v) is 3.18. The van der Waals surface area contributed by atoms with E-state index in [1.807, 2.05) is 13.8 Å². The Balaban J connectivity index is 4.03. The van der Waals surface area contributed by atoms with Crippen LogP contribution in [-0.4, -0.2) is 31.5 Å². The van der Waals surface area contributed by atoms with Crippen LogP contribution >= 0.6 is 0 Å². The normalized spacial score (nSPS) is 14.3. The standard InChI is InChI=1S/C9H18O4S/c1-7(2)8(9(10)11)5-4-6-14(3,12)13/h7-8H,4-6H2,1-3H3,(H,10,11). The smallest absolute Gasteiger partial charge is 0.306 e. The Kier molecular flexibility index (Phi) is 5.12. The molecule has 4 nitrogen and oxygen atoms in total. The molecule has 1 N–H and O–H groups in total. The summed E-state index contributed by atoms with van der Waals surface area (Å²) in [6.07, 6.45) is 2.02. The van der Waals surface area contributed by atoms with Crippen molar-refractivity contribution in [1.82, 2.24) is 0 Å². The van der Waals surface area contributed by atoms with Gasteiger partial charge in [-0.3, -0.25) is 4.79 Å². The number of sulfone groups is 1. The minimum absolute atomic E-state index is 0.0482. The van der Waals surface area contributed by atoms with E-state index in [-0.39, 0.29) is 11.7 Å². The van der Waals surface area contributed by atoms with Crippen LogP contribution in [0.4, 0.5) is 0 Å². The lowest BCUT2D eigenvalue weighted by molar-refractivity contribution is -0.143. The Morgan fingerprint density at radius 2 is 1.86 bits per heavy atom. The average molecular weight is 222 g/mol. The van der Waals surface area contributed by atoms with Crippen LogP contribution in [0.15, 0.2) is 0 Å². The molecule has 14 heavy (non-hydrogen) atoms. The monoisotopic (exact) mass is 222 g/mol. The van der Waals surface area contributed by atoms with Crippen LogP contribution in [0, 0.1) is 11.8 Å². The molecule has 0 amide bonds. The van der Waals surface area contributed by atoms with Gasteiger partial charge in [-0.15, -0.1) is 0 Å². The average Bonchev–Trinajstić information content (AvgIpc) is 1.94. The van der Waals surface area contributed by atoms with Gasteiger partial charge < -0.3 is 5.11 Å². The predicted molar refractivity (Wildman–Crippen MR) is 54.9 cm³/mol. The van der Waals surface area contributed by atoms with Crippen molar-refractivity contribution in [1.29, 1.82) is 0 Å². The van der Waals surface area contributed by atoms with Crippen LogP contribution in [0.25, 0.3) is 0 Å². The number of carboxylic acid groups (broad SMARTS) is 1. The van der Waals surface area contributed by atoms with Gasteiger partial charge in [-0.2, -0.15) is 0 Å². The van der Waals surface area contributed by atoms with E-state index in [1.54, 1.807) is 0 Å². The highest BCUT2D eigenvalue weighted by atomic mass is 32.2. The van der Waals surface area contributed by atoms with Crippen molar-refractivity contribution >= 4 is 15.8 Å². The quantitative estimate of drug-likeness (QED) is 0.732. The van der Waals surface area contributed by atoms with Crippen molar-refractivity contribution in [3.63, 3.8) is 0 Å². The summed E-state index contributed by atoms with van der Waals surface area (Å²) in [7, 11) is -2.96. The second-order valence-corrected chi connectivity index (χ2v) is 6.22. The summed E-state index contributed by atoms with van der Waals surface area (Å²) in [5.74, 6) is -1.15. The van der Waals surface area contributed by atoms with Gasteiger partial charge in [0.15, 0.2) is 0 Å². The van der Waals surface area contributed by atoms with Crippen molar-refractivity contribution in [3.05, 3.63) is 0 Å². The Morgan fingerprint density at radius 1 is 1.36 bits per heavy atom. The molecule has 0 aromatic heterocycles. The third-order valence-electron chi connectivity index (χ3n) is 2.15. The number of aliphatic carboxylic acids is 1. The molecule has 1 unspecified atom stereocenters.